The fourth-order valence-corrected chi connectivity index (χ4v) is 4.77. The lowest BCUT2D eigenvalue weighted by atomic mass is 10.2. The van der Waals surface area contributed by atoms with Crippen molar-refractivity contribution in [3.8, 4) is 11.4 Å². The average molecular weight is 404 g/mol. The van der Waals surface area contributed by atoms with E-state index in [9.17, 15) is 8.42 Å². The molecule has 10 heteroatoms. The van der Waals surface area contributed by atoms with Crippen LogP contribution in [-0.4, -0.2) is 48.3 Å². The van der Waals surface area contributed by atoms with Gasteiger partial charge in [0.1, 0.15) is 23.0 Å². The number of fused-ring (bicyclic) bond motifs is 1. The lowest BCUT2D eigenvalue weighted by Gasteiger charge is -2.25. The Morgan fingerprint density at radius 3 is 2.86 bits per heavy atom. The average Bonchev–Trinajstić information content (AvgIpc) is 3.36. The zero-order valence-electron chi connectivity index (χ0n) is 15.5. The maximum absolute atomic E-state index is 13.4. The van der Waals surface area contributed by atoms with Crippen LogP contribution in [-0.2, 0) is 34.3 Å². The molecule has 28 heavy (non-hydrogen) atoms. The Hall–Kier alpha value is -2.69. The van der Waals surface area contributed by atoms with Crippen molar-refractivity contribution in [2.24, 2.45) is 0 Å². The Kier molecular flexibility index (Phi) is 4.92. The summed E-state index contributed by atoms with van der Waals surface area (Å²) >= 11 is 0. The Labute approximate surface area is 162 Å². The highest BCUT2D eigenvalue weighted by Crippen LogP contribution is 2.32. The van der Waals surface area contributed by atoms with Gasteiger partial charge in [-0.2, -0.15) is 9.40 Å². The summed E-state index contributed by atoms with van der Waals surface area (Å²) in [5, 5.41) is 4.16. The van der Waals surface area contributed by atoms with Crippen molar-refractivity contribution in [2.75, 3.05) is 20.8 Å². The molecule has 1 aromatic carbocycles. The lowest BCUT2D eigenvalue weighted by Crippen LogP contribution is -2.36. The molecule has 0 unspecified atom stereocenters. The molecule has 2 aromatic heterocycles. The van der Waals surface area contributed by atoms with Gasteiger partial charge < -0.3 is 13.9 Å². The third-order valence-electron chi connectivity index (χ3n) is 4.54. The zero-order valence-corrected chi connectivity index (χ0v) is 16.3. The molecule has 0 bridgehead atoms. The molecule has 9 nitrogen and oxygen atoms in total. The molecule has 0 saturated carbocycles. The van der Waals surface area contributed by atoms with Gasteiger partial charge >= 0.3 is 0 Å². The van der Waals surface area contributed by atoms with Crippen molar-refractivity contribution < 1.29 is 22.3 Å². The summed E-state index contributed by atoms with van der Waals surface area (Å²) < 4.78 is 45.7. The van der Waals surface area contributed by atoms with Crippen LogP contribution in [0.25, 0.3) is 5.69 Å². The van der Waals surface area contributed by atoms with Gasteiger partial charge in [-0.25, -0.2) is 18.1 Å². The normalized spacial score (nSPS) is 14.8. The Morgan fingerprint density at radius 1 is 1.29 bits per heavy atom. The summed E-state index contributed by atoms with van der Waals surface area (Å²) in [6.45, 7) is 0.686. The maximum atomic E-state index is 13.4. The highest BCUT2D eigenvalue weighted by molar-refractivity contribution is 7.89. The summed E-state index contributed by atoms with van der Waals surface area (Å²) in [7, 11) is -0.806. The molecule has 0 saturated heterocycles. The number of ether oxygens (including phenoxy) is 2. The van der Waals surface area contributed by atoms with Crippen molar-refractivity contribution in [3.63, 3.8) is 0 Å². The van der Waals surface area contributed by atoms with E-state index in [4.69, 9.17) is 13.9 Å². The Morgan fingerprint density at radius 2 is 2.14 bits per heavy atom. The number of aromatic nitrogens is 3. The first-order valence-corrected chi connectivity index (χ1v) is 10.1. The monoisotopic (exact) mass is 404 g/mol. The lowest BCUT2D eigenvalue weighted by molar-refractivity contribution is 0.158. The number of methoxy groups -OCH3 is 2. The predicted molar refractivity (Wildman–Crippen MR) is 98.6 cm³/mol. The summed E-state index contributed by atoms with van der Waals surface area (Å²) in [5.74, 6) is 1.43. The highest BCUT2D eigenvalue weighted by Gasteiger charge is 2.33. The second-order valence-corrected chi connectivity index (χ2v) is 8.19. The number of rotatable bonds is 6. The van der Waals surface area contributed by atoms with Gasteiger partial charge in [0.25, 0.3) is 0 Å². The van der Waals surface area contributed by atoms with Gasteiger partial charge in [-0.1, -0.05) is 0 Å². The van der Waals surface area contributed by atoms with E-state index in [2.05, 4.69) is 10.1 Å². The largest absolute Gasteiger partial charge is 0.495 e. The minimum atomic E-state index is -3.81. The van der Waals surface area contributed by atoms with E-state index >= 15 is 0 Å². The van der Waals surface area contributed by atoms with Crippen LogP contribution in [0.2, 0.25) is 0 Å². The van der Waals surface area contributed by atoms with Gasteiger partial charge in [0.05, 0.1) is 25.0 Å². The fraction of sp³-hybridized carbons (Fsp3) is 0.333. The van der Waals surface area contributed by atoms with Crippen LogP contribution in [0, 0.1) is 0 Å². The molecule has 4 rings (SSSR count). The molecule has 148 valence electrons. The minimum absolute atomic E-state index is 0.0899. The third-order valence-corrected chi connectivity index (χ3v) is 6.41. The van der Waals surface area contributed by atoms with Crippen LogP contribution >= 0.6 is 0 Å². The van der Waals surface area contributed by atoms with Crippen LogP contribution in [0.3, 0.4) is 0 Å². The number of benzene rings is 1. The van der Waals surface area contributed by atoms with Crippen LogP contribution < -0.4 is 4.74 Å². The Balaban J connectivity index is 1.69. The molecule has 0 N–H and O–H groups in total. The van der Waals surface area contributed by atoms with E-state index in [1.807, 2.05) is 0 Å². The minimum Gasteiger partial charge on any atom is -0.495 e. The summed E-state index contributed by atoms with van der Waals surface area (Å²) in [6, 6.07) is 6.72. The summed E-state index contributed by atoms with van der Waals surface area (Å²) in [4.78, 5) is 4.45. The first-order chi connectivity index (χ1) is 13.5. The molecule has 1 aliphatic rings. The first kappa shape index (κ1) is 18.7. The molecule has 0 atom stereocenters. The van der Waals surface area contributed by atoms with Crippen LogP contribution in [0.4, 0.5) is 0 Å². The molecule has 3 aromatic rings. The smallest absolute Gasteiger partial charge is 0.247 e. The SMILES string of the molecule is COCc1nc2c(o1)CCN(S(=O)(=O)c1cc(-n3cccn3)ccc1OC)C2. The van der Waals surface area contributed by atoms with Gasteiger partial charge in [0, 0.05) is 32.5 Å². The highest BCUT2D eigenvalue weighted by atomic mass is 32.2. The van der Waals surface area contributed by atoms with Crippen molar-refractivity contribution in [1.82, 2.24) is 19.1 Å². The van der Waals surface area contributed by atoms with E-state index < -0.39 is 10.0 Å². The van der Waals surface area contributed by atoms with E-state index in [0.29, 0.717) is 36.0 Å². The van der Waals surface area contributed by atoms with Gasteiger partial charge in [-0.15, -0.1) is 0 Å². The van der Waals surface area contributed by atoms with Crippen molar-refractivity contribution in [1.29, 1.82) is 0 Å². The standard InChI is InChI=1S/C18H20N4O5S/c1-25-12-18-20-14-11-21(9-6-15(14)27-18)28(23,24)17-10-13(4-5-16(17)26-2)22-8-3-7-19-22/h3-5,7-8,10H,6,9,11-12H2,1-2H3. The molecule has 1 aliphatic heterocycles. The van der Waals surface area contributed by atoms with Crippen LogP contribution in [0.1, 0.15) is 17.3 Å². The van der Waals surface area contributed by atoms with Gasteiger partial charge in [-0.3, -0.25) is 0 Å². The number of oxazole rings is 1. The molecule has 0 radical (unpaired) electrons. The van der Waals surface area contributed by atoms with Crippen molar-refractivity contribution in [2.45, 2.75) is 24.5 Å². The van der Waals surface area contributed by atoms with Gasteiger partial charge in [0.15, 0.2) is 0 Å². The van der Waals surface area contributed by atoms with E-state index in [0.717, 1.165) is 0 Å². The third kappa shape index (κ3) is 3.30. The number of sulfonamides is 1. The first-order valence-electron chi connectivity index (χ1n) is 8.67. The molecule has 0 fully saturated rings. The predicted octanol–water partition coefficient (Wildman–Crippen LogP) is 1.76. The molecule has 0 spiro atoms. The molecule has 0 aliphatic carbocycles. The number of hydrogen-bond acceptors (Lipinski definition) is 7. The fourth-order valence-electron chi connectivity index (χ4n) is 3.19. The van der Waals surface area contributed by atoms with Crippen LogP contribution in [0.15, 0.2) is 46.0 Å². The van der Waals surface area contributed by atoms with E-state index in [-0.39, 0.29) is 23.8 Å². The van der Waals surface area contributed by atoms with E-state index in [1.165, 1.54) is 11.4 Å². The van der Waals surface area contributed by atoms with Gasteiger partial charge in [-0.05, 0) is 24.3 Å². The maximum Gasteiger partial charge on any atom is 0.247 e. The van der Waals surface area contributed by atoms with Gasteiger partial charge in [0.2, 0.25) is 15.9 Å². The quantitative estimate of drug-likeness (QED) is 0.617. The molecular formula is C18H20N4O5S. The Bertz CT molecular complexity index is 1080. The molecular weight excluding hydrogens is 384 g/mol. The number of nitrogens with zero attached hydrogens (tertiary/aromatic N) is 4. The topological polar surface area (TPSA) is 99.7 Å². The van der Waals surface area contributed by atoms with E-state index in [1.54, 1.807) is 48.5 Å². The zero-order chi connectivity index (χ0) is 19.7. The molecule has 0 amide bonds. The second kappa shape index (κ2) is 7.38. The van der Waals surface area contributed by atoms with Crippen molar-refractivity contribution in [3.05, 3.63) is 54.0 Å². The van der Waals surface area contributed by atoms with Crippen LogP contribution in [0.5, 0.6) is 5.75 Å². The number of hydrogen-bond donors (Lipinski definition) is 0. The van der Waals surface area contributed by atoms with Crippen molar-refractivity contribution >= 4 is 10.0 Å². The summed E-state index contributed by atoms with van der Waals surface area (Å²) in [5.41, 5.74) is 1.25. The second-order valence-electron chi connectivity index (χ2n) is 6.28. The molecule has 3 heterocycles. The summed E-state index contributed by atoms with van der Waals surface area (Å²) in [6.07, 6.45) is 3.83.